The maximum absolute atomic E-state index is 11.5. The Morgan fingerprint density at radius 2 is 2.05 bits per heavy atom. The summed E-state index contributed by atoms with van der Waals surface area (Å²) in [7, 11) is 1.37. The first-order valence-electron chi connectivity index (χ1n) is 6.57. The highest BCUT2D eigenvalue weighted by molar-refractivity contribution is 5.90. The van der Waals surface area contributed by atoms with Crippen molar-refractivity contribution in [3.05, 3.63) is 59.0 Å². The number of furan rings is 1. The van der Waals surface area contributed by atoms with Gasteiger partial charge in [-0.15, -0.1) is 0 Å². The van der Waals surface area contributed by atoms with Crippen LogP contribution in [-0.2, 0) is 11.3 Å². The molecule has 106 valence electrons. The molecule has 1 atom stereocenters. The average molecular weight is 273 g/mol. The lowest BCUT2D eigenvalue weighted by Crippen LogP contribution is -2.17. The Morgan fingerprint density at radius 3 is 2.70 bits per heavy atom. The summed E-state index contributed by atoms with van der Waals surface area (Å²) in [5.41, 5.74) is 1.70. The summed E-state index contributed by atoms with van der Waals surface area (Å²) in [5.74, 6) is 0.945. The molecular weight excluding hydrogens is 254 g/mol. The number of hydrogen-bond acceptors (Lipinski definition) is 4. The molecule has 2 rings (SSSR count). The van der Waals surface area contributed by atoms with E-state index in [9.17, 15) is 4.79 Å². The van der Waals surface area contributed by atoms with Crippen LogP contribution in [0.15, 0.2) is 40.8 Å². The topological polar surface area (TPSA) is 51.5 Å². The van der Waals surface area contributed by atoms with Gasteiger partial charge in [0.05, 0.1) is 13.7 Å². The predicted octanol–water partition coefficient (Wildman–Crippen LogP) is 3.23. The minimum atomic E-state index is -0.367. The third-order valence-electron chi connectivity index (χ3n) is 3.26. The molecule has 0 saturated heterocycles. The zero-order valence-electron chi connectivity index (χ0n) is 12.0. The second-order valence-electron chi connectivity index (χ2n) is 4.69. The molecule has 1 N–H and O–H groups in total. The van der Waals surface area contributed by atoms with E-state index in [1.165, 1.54) is 12.7 Å². The fourth-order valence-corrected chi connectivity index (χ4v) is 2.06. The number of ether oxygens (including phenoxy) is 1. The molecule has 0 saturated carbocycles. The Hall–Kier alpha value is -2.07. The van der Waals surface area contributed by atoms with Gasteiger partial charge in [-0.3, -0.25) is 0 Å². The number of aryl methyl sites for hydroxylation is 1. The number of methoxy groups -OCH3 is 1. The number of carbonyl (C=O) groups is 1. The van der Waals surface area contributed by atoms with Gasteiger partial charge in [-0.25, -0.2) is 4.79 Å². The maximum atomic E-state index is 11.5. The summed E-state index contributed by atoms with van der Waals surface area (Å²) >= 11 is 0. The van der Waals surface area contributed by atoms with Gasteiger partial charge in [0.2, 0.25) is 0 Å². The third kappa shape index (κ3) is 3.27. The molecule has 2 aromatic rings. The van der Waals surface area contributed by atoms with Crippen LogP contribution in [0.2, 0.25) is 0 Å². The SMILES string of the molecule is COC(=O)c1cc(CN[C@H](C)c2ccccc2)oc1C. The van der Waals surface area contributed by atoms with Gasteiger partial charge in [-0.1, -0.05) is 30.3 Å². The summed E-state index contributed by atoms with van der Waals surface area (Å²) in [5, 5.41) is 3.37. The summed E-state index contributed by atoms with van der Waals surface area (Å²) in [6, 6.07) is 12.1. The van der Waals surface area contributed by atoms with Gasteiger partial charge >= 0.3 is 5.97 Å². The Morgan fingerprint density at radius 1 is 1.35 bits per heavy atom. The zero-order chi connectivity index (χ0) is 14.5. The maximum Gasteiger partial charge on any atom is 0.341 e. The van der Waals surface area contributed by atoms with E-state index in [1.54, 1.807) is 13.0 Å². The second-order valence-corrected chi connectivity index (χ2v) is 4.69. The van der Waals surface area contributed by atoms with Crippen molar-refractivity contribution in [3.8, 4) is 0 Å². The van der Waals surface area contributed by atoms with Gasteiger partial charge in [0.25, 0.3) is 0 Å². The first kappa shape index (κ1) is 14.3. The molecule has 4 nitrogen and oxygen atoms in total. The van der Waals surface area contributed by atoms with Crippen molar-refractivity contribution in [2.45, 2.75) is 26.4 Å². The number of benzene rings is 1. The highest BCUT2D eigenvalue weighted by Gasteiger charge is 2.15. The molecular formula is C16H19NO3. The van der Waals surface area contributed by atoms with Crippen LogP contribution in [0.1, 0.15) is 40.4 Å². The Bertz CT molecular complexity index is 575. The summed E-state index contributed by atoms with van der Waals surface area (Å²) in [6.45, 7) is 4.41. The molecule has 1 aromatic carbocycles. The Labute approximate surface area is 118 Å². The quantitative estimate of drug-likeness (QED) is 0.850. The number of carbonyl (C=O) groups excluding carboxylic acids is 1. The molecule has 20 heavy (non-hydrogen) atoms. The third-order valence-corrected chi connectivity index (χ3v) is 3.26. The van der Waals surface area contributed by atoms with Crippen molar-refractivity contribution in [3.63, 3.8) is 0 Å². The van der Waals surface area contributed by atoms with E-state index in [-0.39, 0.29) is 12.0 Å². The number of rotatable bonds is 5. The van der Waals surface area contributed by atoms with E-state index in [0.717, 1.165) is 5.76 Å². The summed E-state index contributed by atoms with van der Waals surface area (Å²) in [6.07, 6.45) is 0. The predicted molar refractivity (Wildman–Crippen MR) is 76.5 cm³/mol. The number of esters is 1. The number of hydrogen-bond donors (Lipinski definition) is 1. The molecule has 0 fully saturated rings. The molecule has 0 bridgehead atoms. The van der Waals surface area contributed by atoms with Crippen molar-refractivity contribution >= 4 is 5.97 Å². The lowest BCUT2D eigenvalue weighted by molar-refractivity contribution is 0.0599. The van der Waals surface area contributed by atoms with E-state index in [0.29, 0.717) is 17.9 Å². The van der Waals surface area contributed by atoms with Gasteiger partial charge in [0, 0.05) is 6.04 Å². The van der Waals surface area contributed by atoms with E-state index >= 15 is 0 Å². The fraction of sp³-hybridized carbons (Fsp3) is 0.312. The molecule has 0 radical (unpaired) electrons. The standard InChI is InChI=1S/C16H19NO3/c1-11(13-7-5-4-6-8-13)17-10-14-9-15(12(2)20-14)16(18)19-3/h4-9,11,17H,10H2,1-3H3/t11-/m1/s1. The van der Waals surface area contributed by atoms with Crippen LogP contribution in [0.25, 0.3) is 0 Å². The minimum absolute atomic E-state index is 0.211. The van der Waals surface area contributed by atoms with E-state index < -0.39 is 0 Å². The van der Waals surface area contributed by atoms with Crippen LogP contribution in [0.4, 0.5) is 0 Å². The molecule has 0 spiro atoms. The molecule has 4 heteroatoms. The molecule has 1 heterocycles. The normalized spacial score (nSPS) is 12.2. The second kappa shape index (κ2) is 6.39. The van der Waals surface area contributed by atoms with Gasteiger partial charge in [-0.2, -0.15) is 0 Å². The van der Waals surface area contributed by atoms with Gasteiger partial charge in [0.1, 0.15) is 17.1 Å². The van der Waals surface area contributed by atoms with Crippen LogP contribution >= 0.6 is 0 Å². The minimum Gasteiger partial charge on any atom is -0.465 e. The monoisotopic (exact) mass is 273 g/mol. The zero-order valence-corrected chi connectivity index (χ0v) is 12.0. The lowest BCUT2D eigenvalue weighted by atomic mass is 10.1. The van der Waals surface area contributed by atoms with Crippen molar-refractivity contribution in [1.82, 2.24) is 5.32 Å². The Kier molecular flexibility index (Phi) is 4.58. The average Bonchev–Trinajstić information content (AvgIpc) is 2.86. The first-order valence-corrected chi connectivity index (χ1v) is 6.57. The van der Waals surface area contributed by atoms with Crippen molar-refractivity contribution in [1.29, 1.82) is 0 Å². The summed E-state index contributed by atoms with van der Waals surface area (Å²) in [4.78, 5) is 11.5. The Balaban J connectivity index is 1.99. The van der Waals surface area contributed by atoms with Crippen LogP contribution in [0.3, 0.4) is 0 Å². The van der Waals surface area contributed by atoms with E-state index in [2.05, 4.69) is 24.4 Å². The van der Waals surface area contributed by atoms with Crippen molar-refractivity contribution < 1.29 is 13.9 Å². The van der Waals surface area contributed by atoms with Gasteiger partial charge in [0.15, 0.2) is 0 Å². The highest BCUT2D eigenvalue weighted by Crippen LogP contribution is 2.17. The molecule has 0 aliphatic carbocycles. The molecule has 0 unspecified atom stereocenters. The highest BCUT2D eigenvalue weighted by atomic mass is 16.5. The van der Waals surface area contributed by atoms with Crippen LogP contribution in [-0.4, -0.2) is 13.1 Å². The molecule has 0 aliphatic rings. The van der Waals surface area contributed by atoms with Crippen LogP contribution in [0.5, 0.6) is 0 Å². The molecule has 0 amide bonds. The largest absolute Gasteiger partial charge is 0.465 e. The van der Waals surface area contributed by atoms with E-state index in [4.69, 9.17) is 9.15 Å². The van der Waals surface area contributed by atoms with Crippen molar-refractivity contribution in [2.24, 2.45) is 0 Å². The first-order chi connectivity index (χ1) is 9.61. The molecule has 1 aromatic heterocycles. The van der Waals surface area contributed by atoms with Crippen molar-refractivity contribution in [2.75, 3.05) is 7.11 Å². The summed E-state index contributed by atoms with van der Waals surface area (Å²) < 4.78 is 10.3. The van der Waals surface area contributed by atoms with Crippen LogP contribution in [0, 0.1) is 6.92 Å². The van der Waals surface area contributed by atoms with Gasteiger partial charge < -0.3 is 14.5 Å². The van der Waals surface area contributed by atoms with Gasteiger partial charge in [-0.05, 0) is 25.5 Å². The fourth-order valence-electron chi connectivity index (χ4n) is 2.06. The molecule has 0 aliphatic heterocycles. The smallest absolute Gasteiger partial charge is 0.341 e. The lowest BCUT2D eigenvalue weighted by Gasteiger charge is -2.12. The van der Waals surface area contributed by atoms with E-state index in [1.807, 2.05) is 18.2 Å². The van der Waals surface area contributed by atoms with Crippen LogP contribution < -0.4 is 5.32 Å². The number of nitrogens with one attached hydrogen (secondary N) is 1.